The predicted molar refractivity (Wildman–Crippen MR) is 103 cm³/mol. The number of rotatable bonds is 4. The summed E-state index contributed by atoms with van der Waals surface area (Å²) in [5.74, 6) is 0.120. The Labute approximate surface area is 161 Å². The van der Waals surface area contributed by atoms with Crippen LogP contribution in [0.4, 0.5) is 19.4 Å². The van der Waals surface area contributed by atoms with Crippen LogP contribution in [0.3, 0.4) is 0 Å². The first kappa shape index (κ1) is 19.5. The van der Waals surface area contributed by atoms with Crippen LogP contribution in [0, 0.1) is 17.0 Å². The number of nitrogens with one attached hydrogen (secondary N) is 3. The molecule has 2 aromatic rings. The van der Waals surface area contributed by atoms with Gasteiger partial charge in [0.25, 0.3) is 0 Å². The molecule has 1 fully saturated rings. The maximum atomic E-state index is 14.1. The van der Waals surface area contributed by atoms with Gasteiger partial charge < -0.3 is 14.8 Å². The number of imidazole rings is 1. The third-order valence-corrected chi connectivity index (χ3v) is 4.52. The highest BCUT2D eigenvalue weighted by Gasteiger charge is 2.29. The second-order valence-electron chi connectivity index (χ2n) is 6.74. The molecule has 1 saturated heterocycles. The Balaban J connectivity index is 1.69. The number of hydrogen-bond acceptors (Lipinski definition) is 3. The summed E-state index contributed by atoms with van der Waals surface area (Å²) in [5.41, 5.74) is 0.266. The summed E-state index contributed by atoms with van der Waals surface area (Å²) in [6.07, 6.45) is 6.07. The van der Waals surface area contributed by atoms with Crippen molar-refractivity contribution in [2.45, 2.75) is 18.9 Å². The molecule has 3 N–H and O–H groups in total. The highest BCUT2D eigenvalue weighted by molar-refractivity contribution is 5.94. The number of urea groups is 1. The smallest absolute Gasteiger partial charge is 0.322 e. The zero-order valence-electron chi connectivity index (χ0n) is 15.7. The van der Waals surface area contributed by atoms with E-state index in [-0.39, 0.29) is 23.5 Å². The monoisotopic (exact) mass is 388 g/mol. The summed E-state index contributed by atoms with van der Waals surface area (Å²) in [6, 6.07) is 2.74. The van der Waals surface area contributed by atoms with Gasteiger partial charge in [-0.05, 0) is 43.2 Å². The highest BCUT2D eigenvalue weighted by atomic mass is 19.1. The van der Waals surface area contributed by atoms with E-state index in [0.717, 1.165) is 18.6 Å². The van der Waals surface area contributed by atoms with Gasteiger partial charge in [-0.25, -0.2) is 18.6 Å². The molecular formula is C19H22F2N6O. The van der Waals surface area contributed by atoms with Crippen LogP contribution < -0.4 is 5.32 Å². The van der Waals surface area contributed by atoms with Gasteiger partial charge in [-0.15, -0.1) is 0 Å². The molecule has 1 aliphatic rings. The van der Waals surface area contributed by atoms with Crippen molar-refractivity contribution in [2.75, 3.05) is 26.0 Å². The number of benzene rings is 1. The van der Waals surface area contributed by atoms with Crippen molar-refractivity contribution in [3.63, 3.8) is 0 Å². The Hall–Kier alpha value is -3.23. The third kappa shape index (κ3) is 4.36. The third-order valence-electron chi connectivity index (χ3n) is 4.52. The quantitative estimate of drug-likeness (QED) is 0.552. The maximum absolute atomic E-state index is 14.1. The largest absolute Gasteiger partial charge is 0.350 e. The molecule has 0 unspecified atom stereocenters. The maximum Gasteiger partial charge on any atom is 0.322 e. The van der Waals surface area contributed by atoms with Crippen LogP contribution in [0.25, 0.3) is 6.08 Å². The molecular weight excluding hydrogens is 366 g/mol. The van der Waals surface area contributed by atoms with Gasteiger partial charge in [-0.3, -0.25) is 10.7 Å². The molecule has 0 radical (unpaired) electrons. The number of halogens is 2. The standard InChI is InChI=1S/C19H22F2N6O/c1-26(2)19(28)25-18-11-23-17(24-18)8-7-16(22)27-9-3-4-15(27)13-10-12(20)5-6-14(13)21/h5-8,10-11,15,22H,3-4,9H2,1-2H3,(H,23,24)(H,25,28)/b8-7-,22-16?/t15-/m1/s1. The predicted octanol–water partition coefficient (Wildman–Crippen LogP) is 3.61. The van der Waals surface area contributed by atoms with Crippen LogP contribution in [0.15, 0.2) is 30.5 Å². The SMILES string of the molecule is CN(C)C(=O)Nc1cnc(/C=C\C(=N)N2CCC[C@@H]2c2cc(F)ccc2F)[nH]1. The number of carbonyl (C=O) groups excluding carboxylic acids is 1. The van der Waals surface area contributed by atoms with Crippen molar-refractivity contribution >= 4 is 23.8 Å². The fourth-order valence-electron chi connectivity index (χ4n) is 3.11. The second kappa shape index (κ2) is 8.20. The second-order valence-corrected chi connectivity index (χ2v) is 6.74. The van der Waals surface area contributed by atoms with Crippen molar-refractivity contribution < 1.29 is 13.6 Å². The summed E-state index contributed by atoms with van der Waals surface area (Å²) < 4.78 is 27.7. The molecule has 2 amide bonds. The van der Waals surface area contributed by atoms with E-state index in [0.29, 0.717) is 24.6 Å². The molecule has 3 rings (SSSR count). The fraction of sp³-hybridized carbons (Fsp3) is 0.316. The van der Waals surface area contributed by atoms with Gasteiger partial charge >= 0.3 is 6.03 Å². The molecule has 7 nitrogen and oxygen atoms in total. The molecule has 9 heteroatoms. The molecule has 0 saturated carbocycles. The number of carbonyl (C=O) groups is 1. The Kier molecular flexibility index (Phi) is 5.72. The van der Waals surface area contributed by atoms with E-state index < -0.39 is 11.6 Å². The van der Waals surface area contributed by atoms with Crippen molar-refractivity contribution in [1.82, 2.24) is 19.8 Å². The Bertz CT molecular complexity index is 908. The zero-order valence-corrected chi connectivity index (χ0v) is 15.7. The average molecular weight is 388 g/mol. The molecule has 1 aromatic heterocycles. The number of nitrogens with zero attached hydrogens (tertiary/aromatic N) is 3. The number of aromatic nitrogens is 2. The summed E-state index contributed by atoms with van der Waals surface area (Å²) in [4.78, 5) is 21.8. The van der Waals surface area contributed by atoms with Crippen LogP contribution in [0.1, 0.15) is 30.3 Å². The van der Waals surface area contributed by atoms with Crippen molar-refractivity contribution in [1.29, 1.82) is 5.41 Å². The van der Waals surface area contributed by atoms with Gasteiger partial charge in [0.1, 0.15) is 29.1 Å². The van der Waals surface area contributed by atoms with Crippen molar-refractivity contribution in [3.05, 3.63) is 53.5 Å². The lowest BCUT2D eigenvalue weighted by Gasteiger charge is -2.26. The molecule has 0 bridgehead atoms. The molecule has 1 atom stereocenters. The lowest BCUT2D eigenvalue weighted by molar-refractivity contribution is 0.230. The molecule has 0 aliphatic carbocycles. The molecule has 1 aliphatic heterocycles. The first-order valence-corrected chi connectivity index (χ1v) is 8.86. The van der Waals surface area contributed by atoms with Crippen LogP contribution in [0.2, 0.25) is 0 Å². The minimum atomic E-state index is -0.492. The minimum Gasteiger partial charge on any atom is -0.350 e. The lowest BCUT2D eigenvalue weighted by Crippen LogP contribution is -2.29. The zero-order chi connectivity index (χ0) is 20.3. The summed E-state index contributed by atoms with van der Waals surface area (Å²) in [7, 11) is 3.25. The highest BCUT2D eigenvalue weighted by Crippen LogP contribution is 2.34. The Morgan fingerprint density at radius 2 is 2.21 bits per heavy atom. The number of likely N-dealkylation sites (tertiary alicyclic amines) is 1. The van der Waals surface area contributed by atoms with Crippen LogP contribution in [0.5, 0.6) is 0 Å². The Morgan fingerprint density at radius 3 is 2.96 bits per heavy atom. The number of amidine groups is 1. The van der Waals surface area contributed by atoms with Gasteiger partial charge in [-0.1, -0.05) is 0 Å². The molecule has 2 heterocycles. The number of H-pyrrole nitrogens is 1. The van der Waals surface area contributed by atoms with Crippen LogP contribution in [-0.4, -0.2) is 52.3 Å². The minimum absolute atomic E-state index is 0.182. The van der Waals surface area contributed by atoms with Gasteiger partial charge in [0, 0.05) is 26.2 Å². The fourth-order valence-corrected chi connectivity index (χ4v) is 3.11. The van der Waals surface area contributed by atoms with E-state index in [1.165, 1.54) is 17.2 Å². The Morgan fingerprint density at radius 1 is 1.43 bits per heavy atom. The van der Waals surface area contributed by atoms with Crippen LogP contribution in [-0.2, 0) is 0 Å². The molecule has 28 heavy (non-hydrogen) atoms. The lowest BCUT2D eigenvalue weighted by atomic mass is 10.0. The van der Waals surface area contributed by atoms with Crippen molar-refractivity contribution in [3.8, 4) is 0 Å². The summed E-state index contributed by atoms with van der Waals surface area (Å²) in [6.45, 7) is 0.589. The number of hydrogen-bond donors (Lipinski definition) is 3. The number of amides is 2. The van der Waals surface area contributed by atoms with Crippen LogP contribution >= 0.6 is 0 Å². The van der Waals surface area contributed by atoms with Crippen molar-refractivity contribution in [2.24, 2.45) is 0 Å². The number of anilines is 1. The van der Waals surface area contributed by atoms with E-state index >= 15 is 0 Å². The molecule has 0 spiro atoms. The van der Waals surface area contributed by atoms with E-state index in [4.69, 9.17) is 5.41 Å². The summed E-state index contributed by atoms with van der Waals surface area (Å²) in [5, 5.41) is 11.0. The molecule has 1 aromatic carbocycles. The normalized spacial score (nSPS) is 16.6. The van der Waals surface area contributed by atoms with E-state index in [1.54, 1.807) is 31.1 Å². The van der Waals surface area contributed by atoms with E-state index in [2.05, 4.69) is 15.3 Å². The van der Waals surface area contributed by atoms with E-state index in [9.17, 15) is 13.6 Å². The van der Waals surface area contributed by atoms with Gasteiger partial charge in [0.2, 0.25) is 0 Å². The average Bonchev–Trinajstić information content (AvgIpc) is 3.31. The van der Waals surface area contributed by atoms with Gasteiger partial charge in [-0.2, -0.15) is 0 Å². The summed E-state index contributed by atoms with van der Waals surface area (Å²) >= 11 is 0. The first-order chi connectivity index (χ1) is 13.3. The van der Waals surface area contributed by atoms with Gasteiger partial charge in [0.15, 0.2) is 0 Å². The number of aromatic amines is 1. The van der Waals surface area contributed by atoms with E-state index in [1.807, 2.05) is 0 Å². The molecule has 148 valence electrons. The van der Waals surface area contributed by atoms with Gasteiger partial charge in [0.05, 0.1) is 12.2 Å². The topological polar surface area (TPSA) is 88.1 Å². The first-order valence-electron chi connectivity index (χ1n) is 8.86.